The van der Waals surface area contributed by atoms with Crippen LogP contribution < -0.4 is 14.4 Å². The first-order chi connectivity index (χ1) is 16.4. The third-order valence-corrected chi connectivity index (χ3v) is 5.23. The Kier molecular flexibility index (Phi) is 8.82. The van der Waals surface area contributed by atoms with E-state index in [9.17, 15) is 14.4 Å². The lowest BCUT2D eigenvalue weighted by molar-refractivity contribution is -0.131. The van der Waals surface area contributed by atoms with Gasteiger partial charge in [0.2, 0.25) is 5.91 Å². The number of hydrogen-bond acceptors (Lipinski definition) is 5. The Morgan fingerprint density at radius 2 is 1.38 bits per heavy atom. The molecule has 6 nitrogen and oxygen atoms in total. The maximum atomic E-state index is 12.9. The molecule has 176 valence electrons. The van der Waals surface area contributed by atoms with Gasteiger partial charge in [-0.05, 0) is 79.2 Å². The van der Waals surface area contributed by atoms with Crippen molar-refractivity contribution in [1.29, 1.82) is 0 Å². The summed E-state index contributed by atoms with van der Waals surface area (Å²) in [5, 5.41) is 0.620. The van der Waals surface area contributed by atoms with Gasteiger partial charge < -0.3 is 14.4 Å². The van der Waals surface area contributed by atoms with E-state index >= 15 is 0 Å². The maximum absolute atomic E-state index is 12.9. The van der Waals surface area contributed by atoms with E-state index in [0.717, 1.165) is 12.8 Å². The molecule has 1 amide bonds. The summed E-state index contributed by atoms with van der Waals surface area (Å²) in [6.07, 6.45) is 1.95. The molecule has 0 aliphatic rings. The Morgan fingerprint density at radius 3 is 1.94 bits per heavy atom. The Bertz CT molecular complexity index is 1130. The van der Waals surface area contributed by atoms with Crippen molar-refractivity contribution in [2.24, 2.45) is 0 Å². The number of Topliss-reactive ketones (excluding diaryl/α,β-unsaturated/α-hetero) is 1. The van der Waals surface area contributed by atoms with E-state index in [1.807, 2.05) is 6.92 Å². The number of carbonyl (C=O) groups excluding carboxylic acids is 3. The second kappa shape index (κ2) is 12.0. The molecule has 0 aliphatic carbocycles. The fourth-order valence-electron chi connectivity index (χ4n) is 3.23. The summed E-state index contributed by atoms with van der Waals surface area (Å²) in [4.78, 5) is 38.4. The molecule has 3 aromatic rings. The lowest BCUT2D eigenvalue weighted by Crippen LogP contribution is -2.35. The number of benzene rings is 3. The van der Waals surface area contributed by atoms with Gasteiger partial charge in [0.15, 0.2) is 5.78 Å². The predicted octanol–water partition coefficient (Wildman–Crippen LogP) is 6.46. The molecule has 3 aromatic carbocycles. The molecule has 0 spiro atoms. The largest absolute Gasteiger partial charge is 0.457 e. The van der Waals surface area contributed by atoms with Crippen LogP contribution in [0.15, 0.2) is 72.8 Å². The van der Waals surface area contributed by atoms with Crippen LogP contribution >= 0.6 is 11.6 Å². The number of nitrogens with zero attached hydrogens (tertiary/aromatic N) is 1. The van der Waals surface area contributed by atoms with Gasteiger partial charge in [0, 0.05) is 29.6 Å². The third kappa shape index (κ3) is 7.18. The van der Waals surface area contributed by atoms with Crippen LogP contribution in [0.25, 0.3) is 0 Å². The number of halogens is 1. The number of anilines is 1. The minimum atomic E-state index is -0.435. The van der Waals surface area contributed by atoms with Gasteiger partial charge in [-0.2, -0.15) is 0 Å². The second-order valence-corrected chi connectivity index (χ2v) is 8.11. The van der Waals surface area contributed by atoms with Crippen LogP contribution in [0.2, 0.25) is 5.02 Å². The zero-order valence-corrected chi connectivity index (χ0v) is 19.9. The summed E-state index contributed by atoms with van der Waals surface area (Å²) in [7, 11) is 0. The van der Waals surface area contributed by atoms with Crippen molar-refractivity contribution < 1.29 is 23.9 Å². The highest BCUT2D eigenvalue weighted by atomic mass is 35.5. The number of hydrogen-bond donors (Lipinski definition) is 0. The van der Waals surface area contributed by atoms with Crippen molar-refractivity contribution in [3.8, 4) is 17.2 Å². The summed E-state index contributed by atoms with van der Waals surface area (Å²) >= 11 is 5.91. The quantitative estimate of drug-likeness (QED) is 0.189. The number of ketones is 1. The number of carbonyl (C=O) groups is 3. The molecule has 0 atom stereocenters. The molecule has 0 bridgehead atoms. The summed E-state index contributed by atoms with van der Waals surface area (Å²) in [6, 6.07) is 20.3. The van der Waals surface area contributed by atoms with Gasteiger partial charge >= 0.3 is 5.97 Å². The van der Waals surface area contributed by atoms with E-state index in [-0.39, 0.29) is 18.2 Å². The van der Waals surface area contributed by atoms with Gasteiger partial charge in [0.25, 0.3) is 0 Å². The second-order valence-electron chi connectivity index (χ2n) is 7.67. The van der Waals surface area contributed by atoms with Crippen LogP contribution in [0.3, 0.4) is 0 Å². The van der Waals surface area contributed by atoms with Crippen LogP contribution in [-0.4, -0.2) is 24.2 Å². The van der Waals surface area contributed by atoms with E-state index in [2.05, 4.69) is 0 Å². The van der Waals surface area contributed by atoms with Crippen LogP contribution in [0, 0.1) is 0 Å². The van der Waals surface area contributed by atoms with Crippen molar-refractivity contribution in [3.63, 3.8) is 0 Å². The Morgan fingerprint density at radius 1 is 0.824 bits per heavy atom. The molecule has 0 radical (unpaired) electrons. The average Bonchev–Trinajstić information content (AvgIpc) is 2.83. The monoisotopic (exact) mass is 479 g/mol. The van der Waals surface area contributed by atoms with E-state index in [4.69, 9.17) is 21.1 Å². The summed E-state index contributed by atoms with van der Waals surface area (Å²) in [5.74, 6) is 0.810. The molecule has 0 heterocycles. The van der Waals surface area contributed by atoms with Crippen molar-refractivity contribution in [2.75, 3.05) is 11.4 Å². The average molecular weight is 480 g/mol. The van der Waals surface area contributed by atoms with Crippen molar-refractivity contribution >= 4 is 34.9 Å². The minimum absolute atomic E-state index is 0.104. The van der Waals surface area contributed by atoms with Gasteiger partial charge in [-0.25, -0.2) is 0 Å². The highest BCUT2D eigenvalue weighted by Crippen LogP contribution is 2.26. The number of unbranched alkanes of at least 4 members (excludes halogenated alkanes) is 1. The van der Waals surface area contributed by atoms with Gasteiger partial charge in [-0.3, -0.25) is 14.4 Å². The van der Waals surface area contributed by atoms with E-state index in [0.29, 0.717) is 39.9 Å². The molecule has 0 saturated carbocycles. The fraction of sp³-hybridized carbons (Fsp3) is 0.222. The highest BCUT2D eigenvalue weighted by molar-refractivity contribution is 6.30. The molecule has 0 unspecified atom stereocenters. The zero-order chi connectivity index (χ0) is 24.5. The summed E-state index contributed by atoms with van der Waals surface area (Å²) < 4.78 is 10.8. The summed E-state index contributed by atoms with van der Waals surface area (Å²) in [5.41, 5.74) is 1.03. The molecular formula is C27H26ClNO5. The van der Waals surface area contributed by atoms with Crippen LogP contribution in [0.1, 0.15) is 43.5 Å². The Balaban J connectivity index is 1.75. The summed E-state index contributed by atoms with van der Waals surface area (Å²) in [6.45, 7) is 3.22. The minimum Gasteiger partial charge on any atom is -0.457 e. The maximum Gasteiger partial charge on any atom is 0.308 e. The van der Waals surface area contributed by atoms with Gasteiger partial charge in [-0.1, -0.05) is 24.9 Å². The topological polar surface area (TPSA) is 72.9 Å². The van der Waals surface area contributed by atoms with E-state index < -0.39 is 5.97 Å². The van der Waals surface area contributed by atoms with Crippen molar-refractivity contribution in [3.05, 3.63) is 83.4 Å². The molecule has 0 aliphatic heterocycles. The van der Waals surface area contributed by atoms with E-state index in [1.54, 1.807) is 72.8 Å². The first kappa shape index (κ1) is 25.0. The first-order valence-corrected chi connectivity index (χ1v) is 11.4. The van der Waals surface area contributed by atoms with E-state index in [1.165, 1.54) is 11.8 Å². The number of ether oxygens (including phenoxy) is 2. The standard InChI is InChI=1S/C27H26ClNO5/c1-3-4-5-27(32)29(18-26(31)20-6-12-23(13-7-20)33-19(2)30)22-10-16-25(17-11-22)34-24-14-8-21(28)9-15-24/h6-17H,3-5,18H2,1-2H3. The number of amides is 1. The van der Waals surface area contributed by atoms with Gasteiger partial charge in [-0.15, -0.1) is 0 Å². The lowest BCUT2D eigenvalue weighted by Gasteiger charge is -2.22. The number of esters is 1. The van der Waals surface area contributed by atoms with Gasteiger partial charge in [0.1, 0.15) is 17.2 Å². The lowest BCUT2D eigenvalue weighted by atomic mass is 10.1. The smallest absolute Gasteiger partial charge is 0.308 e. The molecule has 0 fully saturated rings. The van der Waals surface area contributed by atoms with Crippen LogP contribution in [0.5, 0.6) is 17.2 Å². The molecule has 7 heteroatoms. The van der Waals surface area contributed by atoms with Crippen molar-refractivity contribution in [2.45, 2.75) is 33.1 Å². The molecule has 0 saturated heterocycles. The molecule has 34 heavy (non-hydrogen) atoms. The molecular weight excluding hydrogens is 454 g/mol. The third-order valence-electron chi connectivity index (χ3n) is 4.98. The fourth-order valence-corrected chi connectivity index (χ4v) is 3.35. The highest BCUT2D eigenvalue weighted by Gasteiger charge is 2.20. The predicted molar refractivity (Wildman–Crippen MR) is 132 cm³/mol. The van der Waals surface area contributed by atoms with Crippen molar-refractivity contribution in [1.82, 2.24) is 0 Å². The normalized spacial score (nSPS) is 10.4. The number of rotatable bonds is 10. The molecule has 0 aromatic heterocycles. The zero-order valence-electron chi connectivity index (χ0n) is 19.1. The molecule has 3 rings (SSSR count). The Labute approximate surface area is 204 Å². The van der Waals surface area contributed by atoms with Crippen LogP contribution in [0.4, 0.5) is 5.69 Å². The van der Waals surface area contributed by atoms with Gasteiger partial charge in [0.05, 0.1) is 6.54 Å². The van der Waals surface area contributed by atoms with Crippen LogP contribution in [-0.2, 0) is 9.59 Å². The molecule has 0 N–H and O–H groups in total. The Hall–Kier alpha value is -3.64. The SMILES string of the molecule is CCCCC(=O)N(CC(=O)c1ccc(OC(C)=O)cc1)c1ccc(Oc2ccc(Cl)cc2)cc1. The first-order valence-electron chi connectivity index (χ1n) is 11.0.